The normalized spacial score (nSPS) is 11.4. The third-order valence-corrected chi connectivity index (χ3v) is 8.10. The van der Waals surface area contributed by atoms with Gasteiger partial charge in [-0.3, -0.25) is 4.79 Å². The summed E-state index contributed by atoms with van der Waals surface area (Å²) in [7, 11) is 0. The number of rotatable bonds is 8. The summed E-state index contributed by atoms with van der Waals surface area (Å²) in [6.45, 7) is 6.77. The lowest BCUT2D eigenvalue weighted by molar-refractivity contribution is 0.267. The zero-order valence-electron chi connectivity index (χ0n) is 20.0. The van der Waals surface area contributed by atoms with Crippen LogP contribution in [0.15, 0.2) is 71.8 Å². The van der Waals surface area contributed by atoms with Crippen molar-refractivity contribution in [3.05, 3.63) is 94.8 Å². The van der Waals surface area contributed by atoms with E-state index in [0.29, 0.717) is 52.3 Å². The number of nitrogens with zero attached hydrogens (tertiary/aromatic N) is 3. The zero-order valence-corrected chi connectivity index (χ0v) is 24.8. The van der Waals surface area contributed by atoms with Crippen molar-refractivity contribution in [2.75, 3.05) is 6.61 Å². The van der Waals surface area contributed by atoms with Crippen LogP contribution in [-0.2, 0) is 13.0 Å². The molecule has 1 aromatic heterocycles. The summed E-state index contributed by atoms with van der Waals surface area (Å²) in [5.41, 5.74) is 3.38. The molecule has 0 atom stereocenters. The maximum atomic E-state index is 13.2. The smallest absolute Gasteiger partial charge is 0.282 e. The molecule has 0 N–H and O–H groups in total. The molecule has 9 heteroatoms. The minimum absolute atomic E-state index is 0.229. The molecule has 0 bridgehead atoms. The van der Waals surface area contributed by atoms with Gasteiger partial charge in [-0.1, -0.05) is 52.7 Å². The first-order chi connectivity index (χ1) is 17.3. The van der Waals surface area contributed by atoms with E-state index in [0.717, 1.165) is 20.1 Å². The third-order valence-electron chi connectivity index (χ3n) is 5.46. The number of benzene rings is 3. The summed E-state index contributed by atoms with van der Waals surface area (Å²) in [6, 6.07) is 15.5. The molecule has 0 fully saturated rings. The average Bonchev–Trinajstić information content (AvgIpc) is 2.87. The SMILES string of the molecule is CCOc1cc(C=Nn2c(CC)nc3ccc(Br)cc3c2=O)c(Br)c(Br)c1OCc1ccc(C)cc1. The van der Waals surface area contributed by atoms with Gasteiger partial charge in [0, 0.05) is 20.9 Å². The van der Waals surface area contributed by atoms with Gasteiger partial charge in [0.15, 0.2) is 11.5 Å². The first-order valence-electron chi connectivity index (χ1n) is 11.4. The van der Waals surface area contributed by atoms with Gasteiger partial charge in [0.1, 0.15) is 12.4 Å². The Morgan fingerprint density at radius 3 is 2.44 bits per heavy atom. The lowest BCUT2D eigenvalue weighted by Gasteiger charge is -2.16. The van der Waals surface area contributed by atoms with E-state index in [4.69, 9.17) is 9.47 Å². The van der Waals surface area contributed by atoms with Crippen molar-refractivity contribution >= 4 is 64.9 Å². The number of hydrogen-bond donors (Lipinski definition) is 0. The molecule has 6 nitrogen and oxygen atoms in total. The van der Waals surface area contributed by atoms with Crippen molar-refractivity contribution in [1.29, 1.82) is 0 Å². The van der Waals surface area contributed by atoms with Crippen molar-refractivity contribution in [2.24, 2.45) is 5.10 Å². The maximum Gasteiger partial charge on any atom is 0.282 e. The van der Waals surface area contributed by atoms with Crippen LogP contribution in [0, 0.1) is 6.92 Å². The Morgan fingerprint density at radius 1 is 1.00 bits per heavy atom. The van der Waals surface area contributed by atoms with E-state index in [1.807, 2.05) is 44.2 Å². The lowest BCUT2D eigenvalue weighted by atomic mass is 10.1. The molecule has 0 saturated heterocycles. The Kier molecular flexibility index (Phi) is 8.64. The number of aromatic nitrogens is 2. The molecular formula is C27H24Br3N3O3. The standard InChI is InChI=1S/C27H24Br3N3O3/c1-4-23-32-21-11-10-19(28)13-20(21)27(34)33(23)31-14-18-12-22(35-5-2)26(25(30)24(18)29)36-15-17-8-6-16(3)7-9-17/h6-14H,4-5,15H2,1-3H3. The van der Waals surface area contributed by atoms with Gasteiger partial charge in [0.2, 0.25) is 0 Å². The molecule has 4 aromatic rings. The Bertz CT molecular complexity index is 1500. The molecular weight excluding hydrogens is 654 g/mol. The molecule has 3 aromatic carbocycles. The van der Waals surface area contributed by atoms with Crippen LogP contribution in [0.1, 0.15) is 36.4 Å². The monoisotopic (exact) mass is 675 g/mol. The predicted octanol–water partition coefficient (Wildman–Crippen LogP) is 7.41. The first-order valence-corrected chi connectivity index (χ1v) is 13.8. The van der Waals surface area contributed by atoms with Crippen molar-refractivity contribution in [1.82, 2.24) is 9.66 Å². The van der Waals surface area contributed by atoms with E-state index in [-0.39, 0.29) is 5.56 Å². The lowest BCUT2D eigenvalue weighted by Crippen LogP contribution is -2.22. The van der Waals surface area contributed by atoms with Crippen molar-refractivity contribution in [2.45, 2.75) is 33.8 Å². The third kappa shape index (κ3) is 5.74. The zero-order chi connectivity index (χ0) is 25.8. The Morgan fingerprint density at radius 2 is 1.75 bits per heavy atom. The Hall–Kier alpha value is -2.49. The van der Waals surface area contributed by atoms with Crippen molar-refractivity contribution in [3.63, 3.8) is 0 Å². The topological polar surface area (TPSA) is 65.7 Å². The van der Waals surface area contributed by atoms with Gasteiger partial charge in [-0.05, 0) is 75.5 Å². The fraction of sp³-hybridized carbons (Fsp3) is 0.222. The van der Waals surface area contributed by atoms with E-state index in [2.05, 4.69) is 76.9 Å². The molecule has 0 aliphatic rings. The summed E-state index contributed by atoms with van der Waals surface area (Å²) in [6.07, 6.45) is 2.17. The van der Waals surface area contributed by atoms with Crippen LogP contribution >= 0.6 is 47.8 Å². The largest absolute Gasteiger partial charge is 0.490 e. The second-order valence-electron chi connectivity index (χ2n) is 8.03. The van der Waals surface area contributed by atoms with Crippen LogP contribution in [0.5, 0.6) is 11.5 Å². The molecule has 0 saturated carbocycles. The molecule has 4 rings (SSSR count). The van der Waals surface area contributed by atoms with Gasteiger partial charge in [-0.15, -0.1) is 0 Å². The van der Waals surface area contributed by atoms with Crippen molar-refractivity contribution in [3.8, 4) is 11.5 Å². The highest BCUT2D eigenvalue weighted by molar-refractivity contribution is 9.13. The second-order valence-corrected chi connectivity index (χ2v) is 10.5. The highest BCUT2D eigenvalue weighted by Gasteiger charge is 2.18. The van der Waals surface area contributed by atoms with Crippen molar-refractivity contribution < 1.29 is 9.47 Å². The number of halogens is 3. The highest BCUT2D eigenvalue weighted by atomic mass is 79.9. The quantitative estimate of drug-likeness (QED) is 0.182. The minimum Gasteiger partial charge on any atom is -0.490 e. The molecule has 0 aliphatic heterocycles. The summed E-state index contributed by atoms with van der Waals surface area (Å²) in [5, 5.41) is 5.01. The van der Waals surface area contributed by atoms with Gasteiger partial charge in [0.25, 0.3) is 5.56 Å². The van der Waals surface area contributed by atoms with E-state index in [1.54, 1.807) is 12.3 Å². The molecule has 0 unspecified atom stereocenters. The van der Waals surface area contributed by atoms with E-state index < -0.39 is 0 Å². The first kappa shape index (κ1) is 26.6. The number of hydrogen-bond acceptors (Lipinski definition) is 5. The van der Waals surface area contributed by atoms with Crippen LogP contribution in [-0.4, -0.2) is 22.5 Å². The maximum absolute atomic E-state index is 13.2. The number of ether oxygens (including phenoxy) is 2. The van der Waals surface area contributed by atoms with Crippen LogP contribution in [0.3, 0.4) is 0 Å². The Balaban J connectivity index is 1.72. The van der Waals surface area contributed by atoms with Crippen LogP contribution < -0.4 is 15.0 Å². The van der Waals surface area contributed by atoms with Crippen LogP contribution in [0.4, 0.5) is 0 Å². The molecule has 186 valence electrons. The Labute approximate surface area is 234 Å². The van der Waals surface area contributed by atoms with Crippen LogP contribution in [0.25, 0.3) is 10.9 Å². The summed E-state index contributed by atoms with van der Waals surface area (Å²) >= 11 is 10.7. The van der Waals surface area contributed by atoms with Gasteiger partial charge in [0.05, 0.1) is 28.2 Å². The van der Waals surface area contributed by atoms with Gasteiger partial charge in [-0.2, -0.15) is 9.78 Å². The van der Waals surface area contributed by atoms with Gasteiger partial charge >= 0.3 is 0 Å². The van der Waals surface area contributed by atoms with E-state index >= 15 is 0 Å². The van der Waals surface area contributed by atoms with Gasteiger partial charge < -0.3 is 9.47 Å². The molecule has 0 amide bonds. The molecule has 1 heterocycles. The second kappa shape index (κ2) is 11.7. The molecule has 0 radical (unpaired) electrons. The highest BCUT2D eigenvalue weighted by Crippen LogP contribution is 2.43. The number of aryl methyl sites for hydroxylation is 2. The number of fused-ring (bicyclic) bond motifs is 1. The summed E-state index contributed by atoms with van der Waals surface area (Å²) < 4.78 is 15.6. The minimum atomic E-state index is -0.229. The summed E-state index contributed by atoms with van der Waals surface area (Å²) in [5.74, 6) is 1.74. The summed E-state index contributed by atoms with van der Waals surface area (Å²) in [4.78, 5) is 17.9. The van der Waals surface area contributed by atoms with Crippen LogP contribution in [0.2, 0.25) is 0 Å². The average molecular weight is 678 g/mol. The fourth-order valence-electron chi connectivity index (χ4n) is 3.60. The molecule has 0 spiro atoms. The fourth-order valence-corrected chi connectivity index (χ4v) is 4.90. The molecule has 36 heavy (non-hydrogen) atoms. The van der Waals surface area contributed by atoms with E-state index in [1.165, 1.54) is 10.2 Å². The van der Waals surface area contributed by atoms with E-state index in [9.17, 15) is 4.79 Å². The molecule has 0 aliphatic carbocycles. The predicted molar refractivity (Wildman–Crippen MR) is 155 cm³/mol. The van der Waals surface area contributed by atoms with Gasteiger partial charge in [-0.25, -0.2) is 4.98 Å².